The van der Waals surface area contributed by atoms with Crippen molar-refractivity contribution in [2.24, 2.45) is 16.5 Å². The summed E-state index contributed by atoms with van der Waals surface area (Å²) in [6, 6.07) is 9.26. The van der Waals surface area contributed by atoms with Gasteiger partial charge in [-0.1, -0.05) is 30.3 Å². The highest BCUT2D eigenvalue weighted by atomic mass is 127. The van der Waals surface area contributed by atoms with Crippen LogP contribution in [0.3, 0.4) is 0 Å². The van der Waals surface area contributed by atoms with Gasteiger partial charge in [-0.3, -0.25) is 4.99 Å². The number of nitrogens with one attached hydrogen (secondary N) is 1. The average Bonchev–Trinajstić information content (AvgIpc) is 2.27. The third kappa shape index (κ3) is 7.45. The highest BCUT2D eigenvalue weighted by molar-refractivity contribution is 14.0. The Labute approximate surface area is 124 Å². The van der Waals surface area contributed by atoms with Gasteiger partial charge in [0.25, 0.3) is 0 Å². The van der Waals surface area contributed by atoms with E-state index in [1.54, 1.807) is 0 Å². The maximum atomic E-state index is 11.5. The summed E-state index contributed by atoms with van der Waals surface area (Å²) in [5.74, 6) is -0.235. The van der Waals surface area contributed by atoms with E-state index in [9.17, 15) is 8.42 Å². The molecule has 0 fully saturated rings. The molecule has 0 saturated heterocycles. The summed E-state index contributed by atoms with van der Waals surface area (Å²) in [6.07, 6.45) is 0. The lowest BCUT2D eigenvalue weighted by Crippen LogP contribution is -2.29. The van der Waals surface area contributed by atoms with Crippen molar-refractivity contribution in [2.75, 3.05) is 12.3 Å². The topological polar surface area (TPSA) is 111 Å². The zero-order valence-electron chi connectivity index (χ0n) is 9.74. The molecule has 0 aromatic heterocycles. The third-order valence-corrected chi connectivity index (χ3v) is 3.30. The standard InChI is InChI=1S/C10H16N4O2S.HI/c11-10(12)13-6-7-17(15,16)14-8-9-4-2-1-3-5-9;/h1-5,14H,6-8H2,(H4,11,12,13);1H. The molecule has 18 heavy (non-hydrogen) atoms. The van der Waals surface area contributed by atoms with Gasteiger partial charge in [-0.25, -0.2) is 13.1 Å². The number of sulfonamides is 1. The van der Waals surface area contributed by atoms with E-state index in [1.165, 1.54) is 0 Å². The van der Waals surface area contributed by atoms with E-state index >= 15 is 0 Å². The first-order valence-electron chi connectivity index (χ1n) is 5.06. The highest BCUT2D eigenvalue weighted by Crippen LogP contribution is 1.98. The third-order valence-electron chi connectivity index (χ3n) is 1.99. The van der Waals surface area contributed by atoms with Crippen LogP contribution in [0.4, 0.5) is 0 Å². The van der Waals surface area contributed by atoms with Crippen LogP contribution in [0.15, 0.2) is 35.3 Å². The van der Waals surface area contributed by atoms with Crippen molar-refractivity contribution in [3.05, 3.63) is 35.9 Å². The van der Waals surface area contributed by atoms with E-state index in [-0.39, 0.29) is 48.8 Å². The van der Waals surface area contributed by atoms with Gasteiger partial charge < -0.3 is 11.5 Å². The number of nitrogens with zero attached hydrogens (tertiary/aromatic N) is 1. The summed E-state index contributed by atoms with van der Waals surface area (Å²) >= 11 is 0. The molecule has 6 nitrogen and oxygen atoms in total. The summed E-state index contributed by atoms with van der Waals surface area (Å²) in [5, 5.41) is 0. The molecule has 1 aromatic rings. The quantitative estimate of drug-likeness (QED) is 0.364. The molecule has 0 bridgehead atoms. The SMILES string of the molecule is I.NC(N)=NCCS(=O)(=O)NCc1ccccc1. The number of aliphatic imine (C=N–C) groups is 1. The molecule has 5 N–H and O–H groups in total. The lowest BCUT2D eigenvalue weighted by atomic mass is 10.2. The van der Waals surface area contributed by atoms with E-state index in [0.29, 0.717) is 0 Å². The molecule has 0 aliphatic rings. The Balaban J connectivity index is 0.00000289. The minimum Gasteiger partial charge on any atom is -0.370 e. The van der Waals surface area contributed by atoms with Gasteiger partial charge in [0.05, 0.1) is 12.3 Å². The molecule has 0 saturated carbocycles. The Morgan fingerprint density at radius 1 is 1.22 bits per heavy atom. The van der Waals surface area contributed by atoms with E-state index in [1.807, 2.05) is 30.3 Å². The van der Waals surface area contributed by atoms with Gasteiger partial charge in [0, 0.05) is 6.54 Å². The molecule has 0 unspecified atom stereocenters. The van der Waals surface area contributed by atoms with Crippen molar-refractivity contribution in [2.45, 2.75) is 6.54 Å². The summed E-state index contributed by atoms with van der Waals surface area (Å²) in [5.41, 5.74) is 11.1. The van der Waals surface area contributed by atoms with Gasteiger partial charge in [-0.2, -0.15) is 0 Å². The number of benzene rings is 1. The van der Waals surface area contributed by atoms with Crippen LogP contribution in [0.5, 0.6) is 0 Å². The van der Waals surface area contributed by atoms with Crippen LogP contribution in [0.2, 0.25) is 0 Å². The maximum Gasteiger partial charge on any atom is 0.213 e. The number of nitrogens with two attached hydrogens (primary N) is 2. The Kier molecular flexibility index (Phi) is 7.87. The molecule has 8 heteroatoms. The minimum atomic E-state index is -3.34. The monoisotopic (exact) mass is 384 g/mol. The van der Waals surface area contributed by atoms with Crippen molar-refractivity contribution >= 4 is 40.0 Å². The fraction of sp³-hybridized carbons (Fsp3) is 0.300. The van der Waals surface area contributed by atoms with Gasteiger partial charge in [-0.15, -0.1) is 24.0 Å². The molecule has 1 rings (SSSR count). The van der Waals surface area contributed by atoms with Crippen LogP contribution in [0.25, 0.3) is 0 Å². The van der Waals surface area contributed by atoms with Crippen molar-refractivity contribution in [1.29, 1.82) is 0 Å². The maximum absolute atomic E-state index is 11.5. The summed E-state index contributed by atoms with van der Waals surface area (Å²) in [7, 11) is -3.34. The Morgan fingerprint density at radius 2 is 1.83 bits per heavy atom. The molecule has 0 aliphatic carbocycles. The van der Waals surface area contributed by atoms with Crippen LogP contribution in [-0.2, 0) is 16.6 Å². The first kappa shape index (κ1) is 17.1. The van der Waals surface area contributed by atoms with Crippen molar-refractivity contribution < 1.29 is 8.42 Å². The fourth-order valence-electron chi connectivity index (χ4n) is 1.16. The zero-order chi connectivity index (χ0) is 12.7. The lowest BCUT2D eigenvalue weighted by molar-refractivity contribution is 0.581. The molecule has 0 radical (unpaired) electrons. The number of guanidine groups is 1. The molecule has 102 valence electrons. The molecular formula is C10H17IN4O2S. The minimum absolute atomic E-state index is 0. The average molecular weight is 384 g/mol. The molecule has 0 spiro atoms. The van der Waals surface area contributed by atoms with Crippen LogP contribution in [-0.4, -0.2) is 26.7 Å². The molecular weight excluding hydrogens is 367 g/mol. The van der Waals surface area contributed by atoms with E-state index < -0.39 is 10.0 Å². The van der Waals surface area contributed by atoms with E-state index in [2.05, 4.69) is 9.71 Å². The Morgan fingerprint density at radius 3 is 2.39 bits per heavy atom. The van der Waals surface area contributed by atoms with Crippen LogP contribution >= 0.6 is 24.0 Å². The summed E-state index contributed by atoms with van der Waals surface area (Å²) in [6.45, 7) is 0.331. The van der Waals surface area contributed by atoms with E-state index in [4.69, 9.17) is 11.5 Å². The van der Waals surface area contributed by atoms with Crippen LogP contribution in [0.1, 0.15) is 5.56 Å². The van der Waals surface area contributed by atoms with Crippen molar-refractivity contribution in [1.82, 2.24) is 4.72 Å². The largest absolute Gasteiger partial charge is 0.370 e. The van der Waals surface area contributed by atoms with Crippen molar-refractivity contribution in [3.63, 3.8) is 0 Å². The first-order chi connectivity index (χ1) is 7.99. The second kappa shape index (κ2) is 8.27. The highest BCUT2D eigenvalue weighted by Gasteiger charge is 2.08. The predicted molar refractivity (Wildman–Crippen MR) is 83.2 cm³/mol. The number of rotatable bonds is 6. The van der Waals surface area contributed by atoms with Crippen LogP contribution < -0.4 is 16.2 Å². The molecule has 0 atom stereocenters. The number of hydrogen-bond donors (Lipinski definition) is 3. The second-order valence-electron chi connectivity index (χ2n) is 3.43. The van der Waals surface area contributed by atoms with Gasteiger partial charge in [0.2, 0.25) is 10.0 Å². The van der Waals surface area contributed by atoms with Gasteiger partial charge in [-0.05, 0) is 5.56 Å². The number of halogens is 1. The van der Waals surface area contributed by atoms with Gasteiger partial charge >= 0.3 is 0 Å². The Bertz CT molecular complexity index is 472. The van der Waals surface area contributed by atoms with Crippen LogP contribution in [0, 0.1) is 0 Å². The predicted octanol–water partition coefficient (Wildman–Crippen LogP) is -0.00260. The van der Waals surface area contributed by atoms with Gasteiger partial charge in [0.15, 0.2) is 5.96 Å². The summed E-state index contributed by atoms with van der Waals surface area (Å²) in [4.78, 5) is 3.62. The number of hydrogen-bond acceptors (Lipinski definition) is 3. The molecule has 0 heterocycles. The van der Waals surface area contributed by atoms with Gasteiger partial charge in [0.1, 0.15) is 0 Å². The normalized spacial score (nSPS) is 10.4. The molecule has 1 aromatic carbocycles. The first-order valence-corrected chi connectivity index (χ1v) is 6.71. The second-order valence-corrected chi connectivity index (χ2v) is 5.36. The fourth-order valence-corrected chi connectivity index (χ4v) is 2.02. The zero-order valence-corrected chi connectivity index (χ0v) is 12.9. The van der Waals surface area contributed by atoms with Crippen molar-refractivity contribution in [3.8, 4) is 0 Å². The lowest BCUT2D eigenvalue weighted by Gasteiger charge is -2.05. The summed E-state index contributed by atoms with van der Waals surface area (Å²) < 4.78 is 25.5. The van der Waals surface area contributed by atoms with E-state index in [0.717, 1.165) is 5.56 Å². The Hall–Kier alpha value is -0.870. The smallest absolute Gasteiger partial charge is 0.213 e. The molecule has 0 amide bonds. The molecule has 0 aliphatic heterocycles.